The molecule has 0 bridgehead atoms. The second kappa shape index (κ2) is 18.0. The molecule has 21 heavy (non-hydrogen) atoms. The van der Waals surface area contributed by atoms with Gasteiger partial charge in [-0.25, -0.2) is 0 Å². The van der Waals surface area contributed by atoms with E-state index in [0.717, 1.165) is 12.8 Å². The monoisotopic (exact) mass is 299 g/mol. The predicted molar refractivity (Wildman–Crippen MR) is 94.6 cm³/mol. The Kier molecular flexibility index (Phi) is 17.9. The summed E-state index contributed by atoms with van der Waals surface area (Å²) in [5.74, 6) is 0. The van der Waals surface area contributed by atoms with E-state index in [4.69, 9.17) is 0 Å². The predicted octanol–water partition coefficient (Wildman–Crippen LogP) is 5.79. The largest absolute Gasteiger partial charge is 0.379 e. The summed E-state index contributed by atoms with van der Waals surface area (Å²) in [6, 6.07) is 0. The van der Waals surface area contributed by atoms with Crippen LogP contribution in [0.3, 0.4) is 0 Å². The summed E-state index contributed by atoms with van der Waals surface area (Å²) < 4.78 is 0. The molecule has 0 fully saturated rings. The lowest BCUT2D eigenvalue weighted by atomic mass is 10.0. The first-order chi connectivity index (χ1) is 10.3. The molecule has 2 nitrogen and oxygen atoms in total. The topological polar surface area (TPSA) is 32.3 Å². The van der Waals surface area contributed by atoms with E-state index in [0.29, 0.717) is 0 Å². The van der Waals surface area contributed by atoms with Crippen LogP contribution >= 0.6 is 0 Å². The van der Waals surface area contributed by atoms with Crippen LogP contribution in [0.2, 0.25) is 0 Å². The van der Waals surface area contributed by atoms with Gasteiger partial charge in [0.1, 0.15) is 6.23 Å². The molecule has 0 amide bonds. The fraction of sp³-hybridized carbons (Fsp3) is 1.00. The van der Waals surface area contributed by atoms with Gasteiger partial charge in [0.05, 0.1) is 0 Å². The van der Waals surface area contributed by atoms with Crippen LogP contribution in [0.5, 0.6) is 0 Å². The third-order valence-corrected chi connectivity index (χ3v) is 4.41. The minimum Gasteiger partial charge on any atom is -0.379 e. The Labute approximate surface area is 134 Å². The van der Waals surface area contributed by atoms with Crippen molar-refractivity contribution in [1.82, 2.24) is 5.32 Å². The number of aliphatic hydroxyl groups excluding tert-OH is 1. The minimum atomic E-state index is -0.299. The molecule has 0 saturated heterocycles. The summed E-state index contributed by atoms with van der Waals surface area (Å²) in [6.07, 6.45) is 21.5. The smallest absolute Gasteiger partial charge is 0.104 e. The van der Waals surface area contributed by atoms with Crippen molar-refractivity contribution in [3.05, 3.63) is 0 Å². The highest BCUT2D eigenvalue weighted by molar-refractivity contribution is 4.52. The van der Waals surface area contributed by atoms with Gasteiger partial charge in [0.15, 0.2) is 0 Å². The average molecular weight is 300 g/mol. The molecule has 2 N–H and O–H groups in total. The summed E-state index contributed by atoms with van der Waals surface area (Å²) >= 11 is 0. The molecule has 2 heteroatoms. The van der Waals surface area contributed by atoms with Gasteiger partial charge in [0.2, 0.25) is 0 Å². The second-order valence-corrected chi connectivity index (χ2v) is 6.54. The molecule has 0 aromatic carbocycles. The summed E-state index contributed by atoms with van der Waals surface area (Å²) in [5.41, 5.74) is 0. The molecule has 0 aliphatic heterocycles. The third kappa shape index (κ3) is 17.9. The molecule has 0 rings (SSSR count). The Bertz CT molecular complexity index is 184. The zero-order valence-corrected chi connectivity index (χ0v) is 14.8. The molecule has 0 aromatic heterocycles. The van der Waals surface area contributed by atoms with E-state index in [9.17, 15) is 5.11 Å². The Morgan fingerprint density at radius 1 is 0.619 bits per heavy atom. The van der Waals surface area contributed by atoms with Gasteiger partial charge in [-0.15, -0.1) is 0 Å². The quantitative estimate of drug-likeness (QED) is 0.263. The van der Waals surface area contributed by atoms with E-state index in [1.165, 1.54) is 89.9 Å². The standard InChI is InChI=1S/C19H41NO/c1-3-4-5-6-7-8-9-10-11-12-13-14-15-16-17-18-19(21)20-2/h19-21H,3-18H2,1-2H3. The van der Waals surface area contributed by atoms with Crippen LogP contribution < -0.4 is 5.32 Å². The van der Waals surface area contributed by atoms with E-state index in [1.807, 2.05) is 7.05 Å². The lowest BCUT2D eigenvalue weighted by Gasteiger charge is -2.08. The third-order valence-electron chi connectivity index (χ3n) is 4.41. The van der Waals surface area contributed by atoms with Crippen LogP contribution in [-0.4, -0.2) is 18.4 Å². The molecule has 1 unspecified atom stereocenters. The van der Waals surface area contributed by atoms with E-state index in [2.05, 4.69) is 12.2 Å². The fourth-order valence-electron chi connectivity index (χ4n) is 2.85. The number of nitrogens with one attached hydrogen (secondary N) is 1. The van der Waals surface area contributed by atoms with Crippen molar-refractivity contribution in [1.29, 1.82) is 0 Å². The molecule has 128 valence electrons. The zero-order chi connectivity index (χ0) is 15.6. The summed E-state index contributed by atoms with van der Waals surface area (Å²) in [4.78, 5) is 0. The lowest BCUT2D eigenvalue weighted by Crippen LogP contribution is -2.23. The van der Waals surface area contributed by atoms with E-state index >= 15 is 0 Å². The van der Waals surface area contributed by atoms with E-state index in [-0.39, 0.29) is 6.23 Å². The minimum absolute atomic E-state index is 0.299. The van der Waals surface area contributed by atoms with Gasteiger partial charge in [0, 0.05) is 0 Å². The Morgan fingerprint density at radius 3 is 1.29 bits per heavy atom. The van der Waals surface area contributed by atoms with Crippen LogP contribution in [0.25, 0.3) is 0 Å². The first-order valence-electron chi connectivity index (χ1n) is 9.66. The zero-order valence-electron chi connectivity index (χ0n) is 14.8. The number of hydrogen-bond donors (Lipinski definition) is 2. The number of rotatable bonds is 17. The van der Waals surface area contributed by atoms with Gasteiger partial charge in [-0.3, -0.25) is 5.32 Å². The molecule has 0 aliphatic carbocycles. The maximum atomic E-state index is 9.35. The molecule has 0 radical (unpaired) electrons. The molecule has 0 saturated carbocycles. The van der Waals surface area contributed by atoms with Crippen molar-refractivity contribution in [2.75, 3.05) is 7.05 Å². The molecular formula is C19H41NO. The Hall–Kier alpha value is -0.0800. The van der Waals surface area contributed by atoms with Gasteiger partial charge >= 0.3 is 0 Å². The van der Waals surface area contributed by atoms with Crippen molar-refractivity contribution in [2.24, 2.45) is 0 Å². The van der Waals surface area contributed by atoms with Crippen LogP contribution in [0.15, 0.2) is 0 Å². The van der Waals surface area contributed by atoms with Crippen molar-refractivity contribution in [3.63, 3.8) is 0 Å². The Morgan fingerprint density at radius 2 is 0.952 bits per heavy atom. The first-order valence-corrected chi connectivity index (χ1v) is 9.66. The maximum Gasteiger partial charge on any atom is 0.104 e. The van der Waals surface area contributed by atoms with Crippen molar-refractivity contribution < 1.29 is 5.11 Å². The Balaban J connectivity index is 2.96. The second-order valence-electron chi connectivity index (χ2n) is 6.54. The average Bonchev–Trinajstić information content (AvgIpc) is 2.50. The van der Waals surface area contributed by atoms with E-state index in [1.54, 1.807) is 0 Å². The van der Waals surface area contributed by atoms with E-state index < -0.39 is 0 Å². The molecular weight excluding hydrogens is 258 g/mol. The van der Waals surface area contributed by atoms with Gasteiger partial charge in [-0.2, -0.15) is 0 Å². The van der Waals surface area contributed by atoms with Crippen molar-refractivity contribution >= 4 is 0 Å². The van der Waals surface area contributed by atoms with Crippen LogP contribution in [-0.2, 0) is 0 Å². The summed E-state index contributed by atoms with van der Waals surface area (Å²) in [6.45, 7) is 2.28. The SMILES string of the molecule is CCCCCCCCCCCCCCCCCC(O)NC. The van der Waals surface area contributed by atoms with Crippen molar-refractivity contribution in [2.45, 2.75) is 116 Å². The molecule has 0 heterocycles. The molecule has 1 atom stereocenters. The number of aliphatic hydroxyl groups is 1. The normalized spacial score (nSPS) is 12.7. The van der Waals surface area contributed by atoms with Gasteiger partial charge < -0.3 is 5.11 Å². The fourth-order valence-corrected chi connectivity index (χ4v) is 2.85. The highest BCUT2D eigenvalue weighted by Crippen LogP contribution is 2.13. The maximum absolute atomic E-state index is 9.35. The van der Waals surface area contributed by atoms with Gasteiger partial charge in [-0.1, -0.05) is 96.8 Å². The van der Waals surface area contributed by atoms with Gasteiger partial charge in [0.25, 0.3) is 0 Å². The number of hydrogen-bond acceptors (Lipinski definition) is 2. The summed E-state index contributed by atoms with van der Waals surface area (Å²) in [5, 5.41) is 12.2. The molecule has 0 aliphatic rings. The van der Waals surface area contributed by atoms with Crippen molar-refractivity contribution in [3.8, 4) is 0 Å². The highest BCUT2D eigenvalue weighted by atomic mass is 16.3. The highest BCUT2D eigenvalue weighted by Gasteiger charge is 1.99. The van der Waals surface area contributed by atoms with Gasteiger partial charge in [-0.05, 0) is 19.9 Å². The van der Waals surface area contributed by atoms with Crippen LogP contribution in [0.4, 0.5) is 0 Å². The summed E-state index contributed by atoms with van der Waals surface area (Å²) in [7, 11) is 1.82. The van der Waals surface area contributed by atoms with Crippen LogP contribution in [0.1, 0.15) is 110 Å². The molecule has 0 spiro atoms. The van der Waals surface area contributed by atoms with Crippen LogP contribution in [0, 0.1) is 0 Å². The number of unbranched alkanes of at least 4 members (excludes halogenated alkanes) is 14. The lowest BCUT2D eigenvalue weighted by molar-refractivity contribution is 0.133. The first kappa shape index (κ1) is 20.9. The molecule has 0 aromatic rings.